The van der Waals surface area contributed by atoms with E-state index in [9.17, 15) is 0 Å². The van der Waals surface area contributed by atoms with E-state index in [0.717, 1.165) is 5.92 Å². The summed E-state index contributed by atoms with van der Waals surface area (Å²) < 4.78 is 0. The Morgan fingerprint density at radius 2 is 2.28 bits per heavy atom. The van der Waals surface area contributed by atoms with Gasteiger partial charge < -0.3 is 0 Å². The molecular weight excluding hydrogens is 216 g/mol. The van der Waals surface area contributed by atoms with Gasteiger partial charge in [-0.25, -0.2) is 0 Å². The zero-order valence-corrected chi connectivity index (χ0v) is 11.3. The molecule has 18 heavy (non-hydrogen) atoms. The van der Waals surface area contributed by atoms with Gasteiger partial charge in [0, 0.05) is 5.41 Å². The standard InChI is InChI=1S/C18H22/c1-2-14-5-3-6-15-7-4-10-18(17(14)15)12-13-8-9-16(18)11-13/h3,5-6,8,16H,2,4,7,9-12H2,1H3. The highest BCUT2D eigenvalue weighted by atomic mass is 14.5. The van der Waals surface area contributed by atoms with Crippen LogP contribution in [0, 0.1) is 5.92 Å². The van der Waals surface area contributed by atoms with Crippen LogP contribution in [-0.4, -0.2) is 0 Å². The zero-order chi connectivity index (χ0) is 12.2. The molecule has 3 aliphatic carbocycles. The Kier molecular flexibility index (Phi) is 2.24. The van der Waals surface area contributed by atoms with Gasteiger partial charge >= 0.3 is 0 Å². The van der Waals surface area contributed by atoms with Crippen LogP contribution < -0.4 is 0 Å². The van der Waals surface area contributed by atoms with Crippen molar-refractivity contribution in [3.8, 4) is 0 Å². The lowest BCUT2D eigenvalue weighted by Gasteiger charge is -2.43. The Morgan fingerprint density at radius 3 is 3.00 bits per heavy atom. The van der Waals surface area contributed by atoms with Gasteiger partial charge in [-0.2, -0.15) is 0 Å². The number of hydrogen-bond acceptors (Lipinski definition) is 0. The summed E-state index contributed by atoms with van der Waals surface area (Å²) in [5.74, 6) is 0.930. The summed E-state index contributed by atoms with van der Waals surface area (Å²) in [6.45, 7) is 2.32. The van der Waals surface area contributed by atoms with Crippen LogP contribution >= 0.6 is 0 Å². The summed E-state index contributed by atoms with van der Waals surface area (Å²) in [5, 5.41) is 0. The lowest BCUT2D eigenvalue weighted by molar-refractivity contribution is 0.268. The predicted molar refractivity (Wildman–Crippen MR) is 75.9 cm³/mol. The van der Waals surface area contributed by atoms with Crippen molar-refractivity contribution in [2.75, 3.05) is 0 Å². The molecule has 1 aromatic rings. The van der Waals surface area contributed by atoms with Crippen LogP contribution in [0.4, 0.5) is 0 Å². The van der Waals surface area contributed by atoms with Crippen molar-refractivity contribution in [2.45, 2.75) is 57.3 Å². The van der Waals surface area contributed by atoms with Gasteiger partial charge in [0.05, 0.1) is 0 Å². The van der Waals surface area contributed by atoms with Crippen LogP contribution in [0.1, 0.15) is 55.7 Å². The van der Waals surface area contributed by atoms with Gasteiger partial charge in [0.1, 0.15) is 0 Å². The van der Waals surface area contributed by atoms with Gasteiger partial charge in [-0.15, -0.1) is 0 Å². The molecule has 0 heteroatoms. The van der Waals surface area contributed by atoms with E-state index in [4.69, 9.17) is 0 Å². The minimum absolute atomic E-state index is 0.546. The molecule has 3 aliphatic rings. The molecule has 2 bridgehead atoms. The molecule has 4 rings (SSSR count). The lowest BCUT2D eigenvalue weighted by Crippen LogP contribution is -2.36. The second-order valence-electron chi connectivity index (χ2n) is 6.49. The third-order valence-electron chi connectivity index (χ3n) is 5.71. The fourth-order valence-corrected chi connectivity index (χ4v) is 5.01. The van der Waals surface area contributed by atoms with Crippen LogP contribution in [0.5, 0.6) is 0 Å². The molecule has 0 nitrogen and oxygen atoms in total. The van der Waals surface area contributed by atoms with Gasteiger partial charge in [0.2, 0.25) is 0 Å². The van der Waals surface area contributed by atoms with Crippen molar-refractivity contribution in [2.24, 2.45) is 5.92 Å². The maximum Gasteiger partial charge on any atom is 0.00299 e. The topological polar surface area (TPSA) is 0 Å². The van der Waals surface area contributed by atoms with E-state index in [1.165, 1.54) is 44.9 Å². The SMILES string of the molecule is CCc1cccc2c1C1(CCC2)CC2=CCC1C2. The van der Waals surface area contributed by atoms with Crippen LogP contribution in [0.2, 0.25) is 0 Å². The Morgan fingerprint density at radius 1 is 1.33 bits per heavy atom. The van der Waals surface area contributed by atoms with Gasteiger partial charge in [-0.1, -0.05) is 36.8 Å². The average molecular weight is 238 g/mol. The molecular formula is C18H22. The molecule has 1 aromatic carbocycles. The molecule has 0 amide bonds. The Balaban J connectivity index is 1.92. The normalized spacial score (nSPS) is 32.7. The number of aryl methyl sites for hydroxylation is 2. The number of rotatable bonds is 1. The molecule has 0 heterocycles. The molecule has 0 radical (unpaired) electrons. The molecule has 1 spiro atoms. The molecule has 2 unspecified atom stereocenters. The predicted octanol–water partition coefficient (Wildman–Crippen LogP) is 4.56. The maximum absolute atomic E-state index is 2.53. The van der Waals surface area contributed by atoms with Crippen molar-refractivity contribution in [3.05, 3.63) is 46.5 Å². The molecule has 1 saturated carbocycles. The second kappa shape index (κ2) is 3.73. The van der Waals surface area contributed by atoms with Gasteiger partial charge in [0.15, 0.2) is 0 Å². The van der Waals surface area contributed by atoms with Crippen LogP contribution in [-0.2, 0) is 18.3 Å². The molecule has 94 valence electrons. The second-order valence-corrected chi connectivity index (χ2v) is 6.49. The molecule has 2 atom stereocenters. The highest BCUT2D eigenvalue weighted by molar-refractivity contribution is 5.48. The molecule has 0 aliphatic heterocycles. The van der Waals surface area contributed by atoms with E-state index in [1.807, 2.05) is 0 Å². The van der Waals surface area contributed by atoms with Crippen LogP contribution in [0.3, 0.4) is 0 Å². The summed E-state index contributed by atoms with van der Waals surface area (Å²) in [4.78, 5) is 0. The minimum Gasteiger partial charge on any atom is -0.0850 e. The number of fused-ring (bicyclic) bond motifs is 5. The Bertz CT molecular complexity index is 509. The molecule has 0 aromatic heterocycles. The highest BCUT2D eigenvalue weighted by Crippen LogP contribution is 2.59. The fraction of sp³-hybridized carbons (Fsp3) is 0.556. The highest BCUT2D eigenvalue weighted by Gasteiger charge is 2.50. The Hall–Kier alpha value is -1.04. The number of allylic oxidation sites excluding steroid dienone is 2. The Labute approximate surface area is 110 Å². The van der Waals surface area contributed by atoms with E-state index >= 15 is 0 Å². The van der Waals surface area contributed by atoms with Crippen molar-refractivity contribution < 1.29 is 0 Å². The van der Waals surface area contributed by atoms with Gasteiger partial charge in [-0.3, -0.25) is 0 Å². The quantitative estimate of drug-likeness (QED) is 0.629. The van der Waals surface area contributed by atoms with Gasteiger partial charge in [0.25, 0.3) is 0 Å². The molecule has 0 N–H and O–H groups in total. The minimum atomic E-state index is 0.546. The van der Waals surface area contributed by atoms with E-state index in [2.05, 4.69) is 31.2 Å². The van der Waals surface area contributed by atoms with Crippen molar-refractivity contribution in [1.29, 1.82) is 0 Å². The van der Waals surface area contributed by atoms with Crippen LogP contribution in [0.15, 0.2) is 29.8 Å². The van der Waals surface area contributed by atoms with E-state index in [-0.39, 0.29) is 0 Å². The van der Waals surface area contributed by atoms with E-state index in [0.29, 0.717) is 5.41 Å². The van der Waals surface area contributed by atoms with Crippen LogP contribution in [0.25, 0.3) is 0 Å². The number of benzene rings is 1. The number of hydrogen-bond donors (Lipinski definition) is 0. The van der Waals surface area contributed by atoms with E-state index in [1.54, 1.807) is 22.3 Å². The first-order chi connectivity index (χ1) is 8.83. The fourth-order valence-electron chi connectivity index (χ4n) is 5.01. The summed E-state index contributed by atoms with van der Waals surface area (Å²) >= 11 is 0. The van der Waals surface area contributed by atoms with Crippen molar-refractivity contribution in [1.82, 2.24) is 0 Å². The molecule has 0 saturated heterocycles. The monoisotopic (exact) mass is 238 g/mol. The average Bonchev–Trinajstić information content (AvgIpc) is 2.99. The first kappa shape index (κ1) is 10.8. The van der Waals surface area contributed by atoms with Crippen molar-refractivity contribution >= 4 is 0 Å². The summed E-state index contributed by atoms with van der Waals surface area (Å²) in [5.41, 5.74) is 7.41. The molecule has 1 fully saturated rings. The zero-order valence-electron chi connectivity index (χ0n) is 11.3. The summed E-state index contributed by atoms with van der Waals surface area (Å²) in [6, 6.07) is 7.06. The largest absolute Gasteiger partial charge is 0.0850 e. The third kappa shape index (κ3) is 1.27. The summed E-state index contributed by atoms with van der Waals surface area (Å²) in [7, 11) is 0. The van der Waals surface area contributed by atoms with Gasteiger partial charge in [-0.05, 0) is 67.6 Å². The first-order valence-electron chi connectivity index (χ1n) is 7.62. The smallest absolute Gasteiger partial charge is 0.00299 e. The summed E-state index contributed by atoms with van der Waals surface area (Å²) in [6.07, 6.45) is 12.0. The van der Waals surface area contributed by atoms with Crippen molar-refractivity contribution in [3.63, 3.8) is 0 Å². The third-order valence-corrected chi connectivity index (χ3v) is 5.71. The maximum atomic E-state index is 2.53. The van der Waals surface area contributed by atoms with E-state index < -0.39 is 0 Å². The lowest BCUT2D eigenvalue weighted by atomic mass is 9.61. The first-order valence-corrected chi connectivity index (χ1v) is 7.62.